The van der Waals surface area contributed by atoms with E-state index in [0.29, 0.717) is 28.5 Å². The summed E-state index contributed by atoms with van der Waals surface area (Å²) in [6.45, 7) is 1.83. The van der Waals surface area contributed by atoms with Gasteiger partial charge in [-0.05, 0) is 55.5 Å². The molecule has 0 aliphatic carbocycles. The summed E-state index contributed by atoms with van der Waals surface area (Å²) in [5.74, 6) is 0.405. The van der Waals surface area contributed by atoms with Crippen molar-refractivity contribution in [3.05, 3.63) is 96.7 Å². The molecular weight excluding hydrogens is 428 g/mol. The van der Waals surface area contributed by atoms with Crippen LogP contribution in [0.4, 0.5) is 5.69 Å². The minimum Gasteiger partial charge on any atom is -0.321 e. The summed E-state index contributed by atoms with van der Waals surface area (Å²) in [5, 5.41) is 16.2. The van der Waals surface area contributed by atoms with Crippen LogP contribution in [0.3, 0.4) is 0 Å². The molecule has 0 atom stereocenters. The Morgan fingerprint density at radius 3 is 2.65 bits per heavy atom. The summed E-state index contributed by atoms with van der Waals surface area (Å²) in [6.07, 6.45) is 5.25. The van der Waals surface area contributed by atoms with Crippen LogP contribution in [0.1, 0.15) is 16.2 Å². The number of hydrogen-bond donors (Lipinski definition) is 1. The molecule has 5 heterocycles. The van der Waals surface area contributed by atoms with Crippen LogP contribution in [0.25, 0.3) is 33.9 Å². The van der Waals surface area contributed by atoms with E-state index >= 15 is 0 Å². The summed E-state index contributed by atoms with van der Waals surface area (Å²) >= 11 is 0. The van der Waals surface area contributed by atoms with Gasteiger partial charge in [-0.2, -0.15) is 9.61 Å². The number of benzene rings is 1. The SMILES string of the molecule is Cc1nc2ccccn2c1C(=O)Nc1cccc(-c2ccc3nnc(-c4ccncc4)n3n2)c1. The molecule has 0 saturated carbocycles. The number of amides is 1. The smallest absolute Gasteiger partial charge is 0.274 e. The highest BCUT2D eigenvalue weighted by Crippen LogP contribution is 2.24. The molecule has 0 fully saturated rings. The molecule has 1 aromatic carbocycles. The van der Waals surface area contributed by atoms with Gasteiger partial charge in [-0.25, -0.2) is 4.98 Å². The molecule has 5 aromatic heterocycles. The van der Waals surface area contributed by atoms with E-state index in [4.69, 9.17) is 5.10 Å². The average Bonchev–Trinajstić information content (AvgIpc) is 3.44. The van der Waals surface area contributed by atoms with Gasteiger partial charge in [0.2, 0.25) is 0 Å². The number of fused-ring (bicyclic) bond motifs is 2. The number of nitrogens with zero attached hydrogens (tertiary/aromatic N) is 7. The number of nitrogens with one attached hydrogen (secondary N) is 1. The predicted molar refractivity (Wildman–Crippen MR) is 127 cm³/mol. The van der Waals surface area contributed by atoms with Gasteiger partial charge >= 0.3 is 0 Å². The van der Waals surface area contributed by atoms with Crippen molar-refractivity contribution in [2.75, 3.05) is 5.32 Å². The fraction of sp³-hybridized carbons (Fsp3) is 0.0400. The van der Waals surface area contributed by atoms with Crippen LogP contribution in [-0.2, 0) is 0 Å². The highest BCUT2D eigenvalue weighted by atomic mass is 16.2. The van der Waals surface area contributed by atoms with Gasteiger partial charge in [-0.3, -0.25) is 14.2 Å². The first kappa shape index (κ1) is 19.7. The third-order valence-corrected chi connectivity index (χ3v) is 5.54. The van der Waals surface area contributed by atoms with Crippen molar-refractivity contribution in [2.24, 2.45) is 0 Å². The maximum Gasteiger partial charge on any atom is 0.274 e. The highest BCUT2D eigenvalue weighted by molar-refractivity contribution is 6.04. The fourth-order valence-corrected chi connectivity index (χ4v) is 3.96. The third-order valence-electron chi connectivity index (χ3n) is 5.54. The molecule has 1 amide bonds. The van der Waals surface area contributed by atoms with E-state index < -0.39 is 0 Å². The van der Waals surface area contributed by atoms with E-state index in [0.717, 1.165) is 22.5 Å². The molecule has 0 unspecified atom stereocenters. The summed E-state index contributed by atoms with van der Waals surface area (Å²) in [6, 6.07) is 20.7. The molecule has 0 bridgehead atoms. The van der Waals surface area contributed by atoms with Crippen molar-refractivity contribution in [3.63, 3.8) is 0 Å². The molecule has 6 aromatic rings. The summed E-state index contributed by atoms with van der Waals surface area (Å²) < 4.78 is 3.49. The Hall–Kier alpha value is -4.92. The van der Waals surface area contributed by atoms with Gasteiger partial charge in [0.15, 0.2) is 11.5 Å². The Labute approximate surface area is 193 Å². The van der Waals surface area contributed by atoms with Gasteiger partial charge in [0.05, 0.1) is 11.4 Å². The normalized spacial score (nSPS) is 11.2. The van der Waals surface area contributed by atoms with Gasteiger partial charge < -0.3 is 5.32 Å². The summed E-state index contributed by atoms with van der Waals surface area (Å²) in [7, 11) is 0. The third kappa shape index (κ3) is 3.36. The Kier molecular flexibility index (Phi) is 4.58. The van der Waals surface area contributed by atoms with Crippen LogP contribution in [0.2, 0.25) is 0 Å². The molecule has 1 N–H and O–H groups in total. The van der Waals surface area contributed by atoms with Crippen molar-refractivity contribution >= 4 is 22.9 Å². The molecule has 0 radical (unpaired) electrons. The molecule has 9 nitrogen and oxygen atoms in total. The number of aryl methyl sites for hydroxylation is 1. The largest absolute Gasteiger partial charge is 0.321 e. The number of carbonyl (C=O) groups is 1. The lowest BCUT2D eigenvalue weighted by atomic mass is 10.1. The first-order valence-electron chi connectivity index (χ1n) is 10.7. The van der Waals surface area contributed by atoms with E-state index in [2.05, 4.69) is 25.5 Å². The second kappa shape index (κ2) is 7.89. The Morgan fingerprint density at radius 2 is 1.76 bits per heavy atom. The van der Waals surface area contributed by atoms with Crippen molar-refractivity contribution in [1.82, 2.24) is 34.2 Å². The van der Waals surface area contributed by atoms with E-state index in [-0.39, 0.29) is 5.91 Å². The van der Waals surface area contributed by atoms with Crippen molar-refractivity contribution < 1.29 is 4.79 Å². The highest BCUT2D eigenvalue weighted by Gasteiger charge is 2.17. The van der Waals surface area contributed by atoms with Gasteiger partial charge in [0.1, 0.15) is 11.3 Å². The van der Waals surface area contributed by atoms with Gasteiger partial charge in [0.25, 0.3) is 5.91 Å². The number of rotatable bonds is 4. The van der Waals surface area contributed by atoms with Crippen molar-refractivity contribution in [2.45, 2.75) is 6.92 Å². The van der Waals surface area contributed by atoms with Crippen LogP contribution < -0.4 is 5.32 Å². The summed E-state index contributed by atoms with van der Waals surface area (Å²) in [4.78, 5) is 21.6. The second-order valence-corrected chi connectivity index (χ2v) is 7.76. The van der Waals surface area contributed by atoms with Crippen LogP contribution in [0.15, 0.2) is 85.3 Å². The second-order valence-electron chi connectivity index (χ2n) is 7.76. The molecule has 9 heteroatoms. The number of hydrogen-bond acceptors (Lipinski definition) is 6. The quantitative estimate of drug-likeness (QED) is 0.438. The number of imidazole rings is 1. The zero-order valence-corrected chi connectivity index (χ0v) is 18.1. The molecule has 0 spiro atoms. The number of pyridine rings is 2. The average molecular weight is 446 g/mol. The predicted octanol–water partition coefficient (Wildman–Crippen LogP) is 4.06. The lowest BCUT2D eigenvalue weighted by molar-refractivity contribution is 0.102. The van der Waals surface area contributed by atoms with Crippen molar-refractivity contribution in [3.8, 4) is 22.6 Å². The Bertz CT molecular complexity index is 1670. The molecule has 164 valence electrons. The molecule has 0 aliphatic rings. The van der Waals surface area contributed by atoms with Gasteiger partial charge in [0, 0.05) is 35.4 Å². The fourth-order valence-electron chi connectivity index (χ4n) is 3.96. The number of carbonyl (C=O) groups excluding carboxylic acids is 1. The van der Waals surface area contributed by atoms with Gasteiger partial charge in [-0.15, -0.1) is 10.2 Å². The minimum atomic E-state index is -0.226. The maximum atomic E-state index is 13.1. The lowest BCUT2D eigenvalue weighted by Gasteiger charge is -2.08. The van der Waals surface area contributed by atoms with Crippen LogP contribution in [0.5, 0.6) is 0 Å². The Balaban J connectivity index is 1.34. The number of anilines is 1. The summed E-state index contributed by atoms with van der Waals surface area (Å²) in [5.41, 5.74) is 5.66. The first-order valence-corrected chi connectivity index (χ1v) is 10.7. The Morgan fingerprint density at radius 1 is 0.882 bits per heavy atom. The van der Waals surface area contributed by atoms with Crippen LogP contribution in [0, 0.1) is 6.92 Å². The van der Waals surface area contributed by atoms with E-state index in [1.165, 1.54) is 0 Å². The van der Waals surface area contributed by atoms with Crippen LogP contribution in [-0.4, -0.2) is 40.1 Å². The molecular formula is C25H18N8O. The zero-order valence-electron chi connectivity index (χ0n) is 18.1. The molecule has 34 heavy (non-hydrogen) atoms. The monoisotopic (exact) mass is 446 g/mol. The van der Waals surface area contributed by atoms with Gasteiger partial charge in [-0.1, -0.05) is 18.2 Å². The van der Waals surface area contributed by atoms with Crippen LogP contribution >= 0.6 is 0 Å². The zero-order chi connectivity index (χ0) is 23.1. The van der Waals surface area contributed by atoms with E-state index in [1.807, 2.05) is 79.9 Å². The lowest BCUT2D eigenvalue weighted by Crippen LogP contribution is -2.15. The first-order chi connectivity index (χ1) is 16.7. The standard InChI is InChI=1S/C25H18N8O/c1-16-23(32-14-3-2-7-21(32)27-16)25(34)28-19-6-4-5-18(15-19)20-8-9-22-29-30-24(33(22)31-20)17-10-12-26-13-11-17/h2-15H,1H3,(H,28,34). The molecule has 0 aliphatic heterocycles. The molecule has 6 rings (SSSR count). The molecule has 0 saturated heterocycles. The minimum absolute atomic E-state index is 0.226. The maximum absolute atomic E-state index is 13.1. The van der Waals surface area contributed by atoms with E-state index in [1.54, 1.807) is 21.3 Å². The topological polar surface area (TPSA) is 102 Å². The van der Waals surface area contributed by atoms with Crippen molar-refractivity contribution in [1.29, 1.82) is 0 Å². The van der Waals surface area contributed by atoms with E-state index in [9.17, 15) is 4.79 Å². The number of aromatic nitrogens is 7.